The number of hydrazone groups is 1. The van der Waals surface area contributed by atoms with Crippen LogP contribution in [0.25, 0.3) is 0 Å². The summed E-state index contributed by atoms with van der Waals surface area (Å²) in [5.74, 6) is 1.79. The molecule has 4 aliphatic rings. The van der Waals surface area contributed by atoms with Crippen molar-refractivity contribution < 1.29 is 19.0 Å². The van der Waals surface area contributed by atoms with Crippen molar-refractivity contribution in [3.63, 3.8) is 0 Å². The van der Waals surface area contributed by atoms with Crippen molar-refractivity contribution in [2.75, 3.05) is 13.7 Å². The second-order valence-corrected chi connectivity index (χ2v) is 7.80. The molecule has 6 heteroatoms. The lowest BCUT2D eigenvalue weighted by molar-refractivity contribution is -0.0358. The molecule has 0 aromatic heterocycles. The van der Waals surface area contributed by atoms with E-state index in [4.69, 9.17) is 14.2 Å². The summed E-state index contributed by atoms with van der Waals surface area (Å²) in [6.07, 6.45) is 6.22. The van der Waals surface area contributed by atoms with Crippen LogP contribution in [0.4, 0.5) is 4.79 Å². The van der Waals surface area contributed by atoms with E-state index in [0.29, 0.717) is 24.3 Å². The topological polar surface area (TPSA) is 60.4 Å². The number of carbonyl (C=O) groups excluding carboxylic acids is 1. The standard InChI is InChI=1S/C20H24N2O4/c1-3-10-24-19(23)25-15-5-4-12-11-14-13-6-8-20(13)16(7-9-21-22(14)2)26-18(15)17(12)20/h4-5,9,13-14,16H,3,6-8,10-11H2,1-2H3/t13?,14?,16-,20?/m0/s1. The molecule has 0 amide bonds. The second-order valence-electron chi connectivity index (χ2n) is 7.80. The van der Waals surface area contributed by atoms with E-state index < -0.39 is 6.16 Å². The molecule has 2 aliphatic heterocycles. The van der Waals surface area contributed by atoms with Crippen LogP contribution in [0.3, 0.4) is 0 Å². The third kappa shape index (κ3) is 1.98. The van der Waals surface area contributed by atoms with Crippen LogP contribution in [-0.4, -0.2) is 43.2 Å². The number of likely N-dealkylation sites (N-methyl/N-ethyl adjacent to an activating group) is 1. The van der Waals surface area contributed by atoms with E-state index in [9.17, 15) is 4.79 Å². The van der Waals surface area contributed by atoms with Gasteiger partial charge in [0.15, 0.2) is 11.5 Å². The van der Waals surface area contributed by atoms with Crippen LogP contribution in [0.2, 0.25) is 0 Å². The Labute approximate surface area is 153 Å². The van der Waals surface area contributed by atoms with Gasteiger partial charge in [0.05, 0.1) is 12.6 Å². The summed E-state index contributed by atoms with van der Waals surface area (Å²) in [4.78, 5) is 12.0. The predicted octanol–water partition coefficient (Wildman–Crippen LogP) is 3.27. The van der Waals surface area contributed by atoms with E-state index in [-0.39, 0.29) is 11.5 Å². The Hall–Kier alpha value is -2.24. The van der Waals surface area contributed by atoms with Crippen LogP contribution in [-0.2, 0) is 16.6 Å². The van der Waals surface area contributed by atoms with Gasteiger partial charge >= 0.3 is 6.16 Å². The van der Waals surface area contributed by atoms with Gasteiger partial charge in [-0.05, 0) is 43.2 Å². The number of rotatable bonds is 3. The van der Waals surface area contributed by atoms with Crippen molar-refractivity contribution >= 4 is 12.4 Å². The summed E-state index contributed by atoms with van der Waals surface area (Å²) in [6.45, 7) is 2.31. The molecule has 0 saturated heterocycles. The van der Waals surface area contributed by atoms with Crippen molar-refractivity contribution in [2.24, 2.45) is 11.0 Å². The Morgan fingerprint density at radius 1 is 1.46 bits per heavy atom. The Bertz CT molecular complexity index is 792. The van der Waals surface area contributed by atoms with Crippen LogP contribution >= 0.6 is 0 Å². The molecule has 1 aromatic rings. The van der Waals surface area contributed by atoms with E-state index in [1.807, 2.05) is 19.2 Å². The minimum Gasteiger partial charge on any atom is -0.485 e. The Morgan fingerprint density at radius 2 is 2.35 bits per heavy atom. The van der Waals surface area contributed by atoms with Gasteiger partial charge in [-0.1, -0.05) is 13.0 Å². The lowest BCUT2D eigenvalue weighted by Crippen LogP contribution is -2.62. The minimum atomic E-state index is -0.659. The Balaban J connectivity index is 1.57. The molecule has 2 aliphatic carbocycles. The van der Waals surface area contributed by atoms with Gasteiger partial charge in [0.2, 0.25) is 0 Å². The molecule has 0 radical (unpaired) electrons. The fourth-order valence-electron chi connectivity index (χ4n) is 5.44. The van der Waals surface area contributed by atoms with Crippen LogP contribution in [0.5, 0.6) is 11.5 Å². The summed E-state index contributed by atoms with van der Waals surface area (Å²) < 4.78 is 17.0. The van der Waals surface area contributed by atoms with Gasteiger partial charge in [0, 0.05) is 30.7 Å². The summed E-state index contributed by atoms with van der Waals surface area (Å²) in [5.41, 5.74) is 2.63. The fraction of sp³-hybridized carbons (Fsp3) is 0.600. The monoisotopic (exact) mass is 356 g/mol. The van der Waals surface area contributed by atoms with Gasteiger partial charge in [0.1, 0.15) is 6.10 Å². The van der Waals surface area contributed by atoms with Gasteiger partial charge in [-0.25, -0.2) is 4.79 Å². The number of carbonyl (C=O) groups is 1. The van der Waals surface area contributed by atoms with Gasteiger partial charge in [-0.3, -0.25) is 5.01 Å². The number of hydrogen-bond acceptors (Lipinski definition) is 6. The number of benzene rings is 1. The SMILES string of the molecule is CCCOC(=O)Oc1ccc2c3c1O[C@H]1CC=NN(C)C(C2)C2CCC321. The molecule has 2 heterocycles. The average molecular weight is 356 g/mol. The van der Waals surface area contributed by atoms with Crippen LogP contribution in [0, 0.1) is 5.92 Å². The summed E-state index contributed by atoms with van der Waals surface area (Å²) in [5, 5.41) is 6.75. The molecule has 1 fully saturated rings. The van der Waals surface area contributed by atoms with Gasteiger partial charge in [-0.15, -0.1) is 0 Å². The van der Waals surface area contributed by atoms with E-state index in [2.05, 4.69) is 23.2 Å². The maximum absolute atomic E-state index is 12.0. The zero-order chi connectivity index (χ0) is 17.9. The Morgan fingerprint density at radius 3 is 3.12 bits per heavy atom. The van der Waals surface area contributed by atoms with Gasteiger partial charge in [-0.2, -0.15) is 5.10 Å². The first kappa shape index (κ1) is 16.0. The number of ether oxygens (including phenoxy) is 3. The van der Waals surface area contributed by atoms with Crippen LogP contribution in [0.15, 0.2) is 17.2 Å². The first-order valence-electron chi connectivity index (χ1n) is 9.58. The first-order chi connectivity index (χ1) is 12.6. The fourth-order valence-corrected chi connectivity index (χ4v) is 5.44. The first-order valence-corrected chi connectivity index (χ1v) is 9.58. The summed E-state index contributed by atoms with van der Waals surface area (Å²) >= 11 is 0. The maximum atomic E-state index is 12.0. The van der Waals surface area contributed by atoms with Crippen LogP contribution in [0.1, 0.15) is 43.7 Å². The molecule has 26 heavy (non-hydrogen) atoms. The van der Waals surface area contributed by atoms with Crippen molar-refractivity contribution in [2.45, 2.75) is 56.6 Å². The minimum absolute atomic E-state index is 0.0426. The third-order valence-corrected chi connectivity index (χ3v) is 6.61. The van der Waals surface area contributed by atoms with Gasteiger partial charge < -0.3 is 14.2 Å². The van der Waals surface area contributed by atoms with E-state index in [1.54, 1.807) is 0 Å². The van der Waals surface area contributed by atoms with E-state index in [0.717, 1.165) is 31.4 Å². The van der Waals surface area contributed by atoms with E-state index in [1.165, 1.54) is 17.5 Å². The zero-order valence-electron chi connectivity index (χ0n) is 15.2. The zero-order valence-corrected chi connectivity index (χ0v) is 15.2. The highest BCUT2D eigenvalue weighted by atomic mass is 16.7. The lowest BCUT2D eigenvalue weighted by atomic mass is 9.48. The second kappa shape index (κ2) is 5.63. The molecule has 4 atom stereocenters. The van der Waals surface area contributed by atoms with Crippen molar-refractivity contribution in [1.82, 2.24) is 5.01 Å². The molecule has 2 bridgehead atoms. The molecule has 1 aromatic carbocycles. The molecular formula is C20H24N2O4. The van der Waals surface area contributed by atoms with E-state index >= 15 is 0 Å². The lowest BCUT2D eigenvalue weighted by Gasteiger charge is -2.58. The highest BCUT2D eigenvalue weighted by Crippen LogP contribution is 2.66. The smallest absolute Gasteiger partial charge is 0.485 e. The maximum Gasteiger partial charge on any atom is 0.513 e. The molecule has 3 unspecified atom stereocenters. The quantitative estimate of drug-likeness (QED) is 0.614. The molecule has 1 spiro atoms. The number of hydrogen-bond donors (Lipinski definition) is 0. The highest BCUT2D eigenvalue weighted by molar-refractivity contribution is 5.70. The van der Waals surface area contributed by atoms with Gasteiger partial charge in [0.25, 0.3) is 0 Å². The molecular weight excluding hydrogens is 332 g/mol. The molecule has 138 valence electrons. The summed E-state index contributed by atoms with van der Waals surface area (Å²) in [6, 6.07) is 4.35. The molecule has 0 N–H and O–H groups in total. The normalized spacial score (nSPS) is 32.7. The van der Waals surface area contributed by atoms with Crippen molar-refractivity contribution in [1.29, 1.82) is 0 Å². The van der Waals surface area contributed by atoms with Crippen molar-refractivity contribution in [3.05, 3.63) is 23.3 Å². The number of nitrogens with zero attached hydrogens (tertiary/aromatic N) is 2. The predicted molar refractivity (Wildman–Crippen MR) is 95.9 cm³/mol. The van der Waals surface area contributed by atoms with Crippen LogP contribution < -0.4 is 9.47 Å². The summed E-state index contributed by atoms with van der Waals surface area (Å²) in [7, 11) is 2.08. The molecule has 5 rings (SSSR count). The average Bonchev–Trinajstić information content (AvgIpc) is 2.96. The third-order valence-electron chi connectivity index (χ3n) is 6.61. The Kier molecular flexibility index (Phi) is 3.46. The largest absolute Gasteiger partial charge is 0.513 e. The molecule has 1 saturated carbocycles. The highest BCUT2D eigenvalue weighted by Gasteiger charge is 2.65. The molecule has 6 nitrogen and oxygen atoms in total. The van der Waals surface area contributed by atoms with Crippen molar-refractivity contribution in [3.8, 4) is 11.5 Å².